The average molecular weight is 542 g/mol. The lowest BCUT2D eigenvalue weighted by molar-refractivity contribution is 0.186. The Labute approximate surface area is 229 Å². The Bertz CT molecular complexity index is 1240. The van der Waals surface area contributed by atoms with Gasteiger partial charge in [-0.05, 0) is 78.3 Å². The second kappa shape index (κ2) is 14.3. The fourth-order valence-corrected chi connectivity index (χ4v) is 5.51. The molecular weight excluding hydrogens is 503 g/mol. The molecule has 38 heavy (non-hydrogen) atoms. The van der Waals surface area contributed by atoms with Crippen molar-refractivity contribution in [2.45, 2.75) is 70.8 Å². The van der Waals surface area contributed by atoms with E-state index in [2.05, 4.69) is 13.8 Å². The summed E-state index contributed by atoms with van der Waals surface area (Å²) in [5, 5.41) is 0. The van der Waals surface area contributed by atoms with Gasteiger partial charge in [-0.1, -0.05) is 63.9 Å². The number of nitrogen functional groups attached to an aromatic ring is 1. The van der Waals surface area contributed by atoms with Gasteiger partial charge in [0.25, 0.3) is 0 Å². The fourth-order valence-electron chi connectivity index (χ4n) is 4.37. The van der Waals surface area contributed by atoms with Gasteiger partial charge in [0.2, 0.25) is 0 Å². The van der Waals surface area contributed by atoms with Gasteiger partial charge in [0.15, 0.2) is 11.6 Å². The van der Waals surface area contributed by atoms with E-state index in [4.69, 9.17) is 10.5 Å². The van der Waals surface area contributed by atoms with Gasteiger partial charge in [-0.25, -0.2) is 8.78 Å². The Morgan fingerprint density at radius 1 is 0.921 bits per heavy atom. The topological polar surface area (TPSA) is 35.2 Å². The summed E-state index contributed by atoms with van der Waals surface area (Å²) in [4.78, 5) is 1.04. The van der Waals surface area contributed by atoms with Crippen LogP contribution in [-0.4, -0.2) is 18.5 Å². The number of thioether (sulfide) groups is 1. The zero-order chi connectivity index (χ0) is 27.7. The van der Waals surface area contributed by atoms with Crippen LogP contribution in [0.15, 0.2) is 59.5 Å². The van der Waals surface area contributed by atoms with E-state index in [9.17, 15) is 8.78 Å². The molecule has 3 aromatic carbocycles. The highest BCUT2D eigenvalue weighted by Gasteiger charge is 2.25. The lowest BCUT2D eigenvalue weighted by atomic mass is 9.89. The lowest BCUT2D eigenvalue weighted by Gasteiger charge is -2.25. The second-order valence-corrected chi connectivity index (χ2v) is 10.5. The van der Waals surface area contributed by atoms with Gasteiger partial charge in [-0.2, -0.15) is 0 Å². The number of unbranched alkanes of at least 4 members (excludes halogenated alkanes) is 1. The monoisotopic (exact) mass is 541 g/mol. The van der Waals surface area contributed by atoms with Crippen molar-refractivity contribution in [3.05, 3.63) is 88.5 Å². The Kier molecular flexibility index (Phi) is 11.2. The number of halogens is 3. The molecule has 0 saturated carbocycles. The molecular formula is C32H38F3NOS. The Balaban J connectivity index is 0.000000732. The van der Waals surface area contributed by atoms with Gasteiger partial charge in [0.1, 0.15) is 5.75 Å². The highest BCUT2D eigenvalue weighted by molar-refractivity contribution is 7.99. The number of benzene rings is 3. The molecule has 0 radical (unpaired) electrons. The van der Waals surface area contributed by atoms with Crippen LogP contribution in [-0.2, 0) is 0 Å². The molecule has 2 nitrogen and oxygen atoms in total. The maximum Gasteiger partial charge on any atom is 0.166 e. The van der Waals surface area contributed by atoms with Gasteiger partial charge >= 0.3 is 0 Å². The number of ether oxygens (including phenoxy) is 1. The van der Waals surface area contributed by atoms with Crippen molar-refractivity contribution in [3.63, 3.8) is 0 Å². The standard InChI is InChI=1S/C28H29F2NOS.C4H9F/c1-4-6-20(5-2)32-21-11-8-18(9-12-21)26-23-14-10-19(31)15-25(23)33-16-24(26)22-13-7-17(3)27(29)28(22)30;1-2-3-4-5/h7-15,20H,4-6,16,31H2,1-3H3;2-4H2,1H3. The minimum atomic E-state index is -0.799. The molecule has 1 aliphatic rings. The third-order valence-corrected chi connectivity index (χ3v) is 7.63. The van der Waals surface area contributed by atoms with Crippen molar-refractivity contribution in [1.82, 2.24) is 0 Å². The van der Waals surface area contributed by atoms with E-state index in [1.54, 1.807) is 30.8 Å². The molecule has 2 N–H and O–H groups in total. The number of rotatable bonds is 9. The molecule has 0 fully saturated rings. The molecule has 3 aromatic rings. The quantitative estimate of drug-likeness (QED) is 0.274. The van der Waals surface area contributed by atoms with Gasteiger partial charge < -0.3 is 10.5 Å². The minimum absolute atomic E-state index is 0.156. The molecule has 0 aliphatic carbocycles. The van der Waals surface area contributed by atoms with E-state index in [0.29, 0.717) is 22.6 Å². The molecule has 0 spiro atoms. The van der Waals surface area contributed by atoms with Gasteiger partial charge in [0.05, 0.1) is 12.8 Å². The Morgan fingerprint density at radius 3 is 2.24 bits per heavy atom. The van der Waals surface area contributed by atoms with Crippen molar-refractivity contribution in [3.8, 4) is 5.75 Å². The van der Waals surface area contributed by atoms with E-state index in [0.717, 1.165) is 65.0 Å². The molecule has 204 valence electrons. The first kappa shape index (κ1) is 29.7. The Morgan fingerprint density at radius 2 is 1.63 bits per heavy atom. The van der Waals surface area contributed by atoms with Crippen LogP contribution >= 0.6 is 11.8 Å². The fraction of sp³-hybridized carbons (Fsp3) is 0.375. The largest absolute Gasteiger partial charge is 0.490 e. The smallest absolute Gasteiger partial charge is 0.166 e. The summed E-state index contributed by atoms with van der Waals surface area (Å²) in [7, 11) is 0. The summed E-state index contributed by atoms with van der Waals surface area (Å²) < 4.78 is 46.6. The third-order valence-electron chi connectivity index (χ3n) is 6.55. The minimum Gasteiger partial charge on any atom is -0.490 e. The van der Waals surface area contributed by atoms with Gasteiger partial charge in [-0.3, -0.25) is 4.39 Å². The van der Waals surface area contributed by atoms with Crippen LogP contribution in [0.4, 0.5) is 18.9 Å². The number of hydrogen-bond donors (Lipinski definition) is 1. The summed E-state index contributed by atoms with van der Waals surface area (Å²) in [5.41, 5.74) is 10.9. The molecule has 0 aromatic heterocycles. The summed E-state index contributed by atoms with van der Waals surface area (Å²) in [5.74, 6) is -0.251. The van der Waals surface area contributed by atoms with E-state index in [-0.39, 0.29) is 12.8 Å². The number of aryl methyl sites for hydroxylation is 1. The summed E-state index contributed by atoms with van der Waals surface area (Å²) >= 11 is 1.59. The van der Waals surface area contributed by atoms with Crippen LogP contribution in [0.25, 0.3) is 11.1 Å². The molecule has 1 heterocycles. The van der Waals surface area contributed by atoms with Crippen molar-refractivity contribution in [2.24, 2.45) is 0 Å². The summed E-state index contributed by atoms with van der Waals surface area (Å²) in [6.45, 7) is 7.67. The SMILES string of the molecule is CCCC(CC)Oc1ccc(C2=C(c3ccc(C)c(F)c3F)CSc3cc(N)ccc32)cc1.CCCCF. The normalized spacial score (nSPS) is 13.4. The zero-order valence-electron chi connectivity index (χ0n) is 22.8. The van der Waals surface area contributed by atoms with Crippen molar-refractivity contribution >= 4 is 28.6 Å². The number of alkyl halides is 1. The molecule has 6 heteroatoms. The predicted octanol–water partition coefficient (Wildman–Crippen LogP) is 9.63. The van der Waals surface area contributed by atoms with Crippen LogP contribution in [0.2, 0.25) is 0 Å². The molecule has 0 bridgehead atoms. The number of hydrogen-bond acceptors (Lipinski definition) is 3. The summed E-state index contributed by atoms with van der Waals surface area (Å²) in [6, 6.07) is 17.0. The van der Waals surface area contributed by atoms with E-state index in [1.165, 1.54) is 0 Å². The van der Waals surface area contributed by atoms with Gasteiger partial charge in [-0.15, -0.1) is 11.8 Å². The highest BCUT2D eigenvalue weighted by atomic mass is 32.2. The maximum absolute atomic E-state index is 15.0. The first-order valence-corrected chi connectivity index (χ1v) is 14.4. The molecule has 4 rings (SSSR count). The van der Waals surface area contributed by atoms with Crippen molar-refractivity contribution in [1.29, 1.82) is 0 Å². The van der Waals surface area contributed by atoms with Crippen LogP contribution in [0.5, 0.6) is 5.75 Å². The second-order valence-electron chi connectivity index (χ2n) is 9.46. The van der Waals surface area contributed by atoms with E-state index < -0.39 is 11.6 Å². The van der Waals surface area contributed by atoms with Crippen LogP contribution < -0.4 is 10.5 Å². The molecule has 0 amide bonds. The first-order valence-electron chi connectivity index (χ1n) is 13.4. The van der Waals surface area contributed by atoms with E-state index >= 15 is 4.39 Å². The van der Waals surface area contributed by atoms with Crippen LogP contribution in [0.1, 0.15) is 75.1 Å². The highest BCUT2D eigenvalue weighted by Crippen LogP contribution is 2.45. The number of fused-ring (bicyclic) bond motifs is 1. The molecule has 1 aliphatic heterocycles. The van der Waals surface area contributed by atoms with Crippen LogP contribution in [0.3, 0.4) is 0 Å². The average Bonchev–Trinajstić information content (AvgIpc) is 2.92. The van der Waals surface area contributed by atoms with E-state index in [1.807, 2.05) is 49.4 Å². The van der Waals surface area contributed by atoms with Gasteiger partial charge in [0, 0.05) is 21.9 Å². The Hall–Kier alpha value is -2.86. The molecule has 1 unspecified atom stereocenters. The zero-order valence-corrected chi connectivity index (χ0v) is 23.6. The molecule has 0 saturated heterocycles. The van der Waals surface area contributed by atoms with Crippen molar-refractivity contribution in [2.75, 3.05) is 18.2 Å². The van der Waals surface area contributed by atoms with Crippen molar-refractivity contribution < 1.29 is 17.9 Å². The maximum atomic E-state index is 15.0. The summed E-state index contributed by atoms with van der Waals surface area (Å²) in [6.07, 6.45) is 4.92. The lowest BCUT2D eigenvalue weighted by Crippen LogP contribution is -2.14. The van der Waals surface area contributed by atoms with Crippen LogP contribution in [0, 0.1) is 18.6 Å². The number of anilines is 1. The molecule has 1 atom stereocenters. The first-order chi connectivity index (χ1) is 18.3. The predicted molar refractivity (Wildman–Crippen MR) is 156 cm³/mol. The number of nitrogens with two attached hydrogens (primary N) is 1. The third kappa shape index (κ3) is 7.16.